The normalized spacial score (nSPS) is 17.3. The van der Waals surface area contributed by atoms with E-state index in [1.807, 2.05) is 0 Å². The summed E-state index contributed by atoms with van der Waals surface area (Å²) in [6.45, 7) is 1.56. The van der Waals surface area contributed by atoms with Crippen LogP contribution < -0.4 is 5.32 Å². The van der Waals surface area contributed by atoms with Crippen molar-refractivity contribution in [2.75, 3.05) is 32.8 Å². The number of halogens is 1. The Morgan fingerprint density at radius 2 is 1.84 bits per heavy atom. The lowest BCUT2D eigenvalue weighted by atomic mass is 9.96. The summed E-state index contributed by atoms with van der Waals surface area (Å²) < 4.78 is 52.1. The molecule has 0 atom stereocenters. The second kappa shape index (κ2) is 7.43. The molecule has 1 aliphatic rings. The predicted octanol–water partition coefficient (Wildman–Crippen LogP) is 0.140. The minimum absolute atomic E-state index is 0.0401. The Morgan fingerprint density at radius 1 is 1.20 bits per heavy atom. The van der Waals surface area contributed by atoms with Crippen LogP contribution in [0.5, 0.6) is 0 Å². The first-order valence-corrected chi connectivity index (χ1v) is 11.8. The number of methoxy groups -OCH3 is 1. The molecule has 0 saturated carbocycles. The molecule has 0 radical (unpaired) electrons. The fourth-order valence-electron chi connectivity index (χ4n) is 2.96. The van der Waals surface area contributed by atoms with Crippen LogP contribution in [0.2, 0.25) is 5.15 Å². The highest BCUT2D eigenvalue weighted by molar-refractivity contribution is 8.09. The summed E-state index contributed by atoms with van der Waals surface area (Å²) in [5.41, 5.74) is 0.996. The van der Waals surface area contributed by atoms with Crippen LogP contribution >= 0.6 is 11.6 Å². The standard InChI is InChI=1S/C14H22ClN3O5S2/c1-23-7-6-16-9-12-17-11-4-5-14(24(2,19)20,25(3,21)22)8-10(11)13(15)18-12/h16H,4-9H2,1-3H3. The first kappa shape index (κ1) is 20.5. The van der Waals surface area contributed by atoms with Crippen molar-refractivity contribution in [3.8, 4) is 0 Å². The average Bonchev–Trinajstić information content (AvgIpc) is 2.49. The van der Waals surface area contributed by atoms with E-state index >= 15 is 0 Å². The molecule has 1 aromatic rings. The van der Waals surface area contributed by atoms with Crippen molar-refractivity contribution in [1.82, 2.24) is 15.3 Å². The summed E-state index contributed by atoms with van der Waals surface area (Å²) in [5.74, 6) is 0.478. The van der Waals surface area contributed by atoms with E-state index < -0.39 is 23.8 Å². The highest BCUT2D eigenvalue weighted by Gasteiger charge is 2.52. The quantitative estimate of drug-likeness (QED) is 0.497. The molecular formula is C14H22ClN3O5S2. The number of nitrogens with one attached hydrogen (secondary N) is 1. The maximum absolute atomic E-state index is 12.3. The van der Waals surface area contributed by atoms with Gasteiger partial charge in [0.15, 0.2) is 23.8 Å². The topological polar surface area (TPSA) is 115 Å². The van der Waals surface area contributed by atoms with E-state index in [-0.39, 0.29) is 24.4 Å². The van der Waals surface area contributed by atoms with E-state index in [1.165, 1.54) is 0 Å². The van der Waals surface area contributed by atoms with E-state index in [0.29, 0.717) is 36.8 Å². The number of hydrogen-bond donors (Lipinski definition) is 1. The van der Waals surface area contributed by atoms with Gasteiger partial charge < -0.3 is 10.1 Å². The fourth-order valence-corrected chi connectivity index (χ4v) is 7.19. The Bertz CT molecular complexity index is 823. The van der Waals surface area contributed by atoms with Crippen LogP contribution in [-0.2, 0) is 43.8 Å². The highest BCUT2D eigenvalue weighted by Crippen LogP contribution is 2.39. The van der Waals surface area contributed by atoms with E-state index in [9.17, 15) is 16.8 Å². The monoisotopic (exact) mass is 411 g/mol. The molecule has 8 nitrogen and oxygen atoms in total. The van der Waals surface area contributed by atoms with Crippen molar-refractivity contribution in [3.63, 3.8) is 0 Å². The molecule has 11 heteroatoms. The largest absolute Gasteiger partial charge is 0.383 e. The van der Waals surface area contributed by atoms with Crippen molar-refractivity contribution in [2.45, 2.75) is 29.9 Å². The van der Waals surface area contributed by atoms with Gasteiger partial charge in [-0.25, -0.2) is 26.8 Å². The molecule has 1 aliphatic carbocycles. The third-order valence-corrected chi connectivity index (χ3v) is 9.92. The maximum atomic E-state index is 12.3. The molecule has 25 heavy (non-hydrogen) atoms. The number of sulfone groups is 2. The predicted molar refractivity (Wildman–Crippen MR) is 95.1 cm³/mol. The summed E-state index contributed by atoms with van der Waals surface area (Å²) in [5, 5.41) is 3.20. The van der Waals surface area contributed by atoms with Gasteiger partial charge in [0, 0.05) is 43.8 Å². The van der Waals surface area contributed by atoms with Crippen LogP contribution in [0.15, 0.2) is 0 Å². The average molecular weight is 412 g/mol. The number of ether oxygens (including phenoxy) is 1. The second-order valence-corrected chi connectivity index (χ2v) is 11.4. The lowest BCUT2D eigenvalue weighted by Crippen LogP contribution is -2.50. The third kappa shape index (κ3) is 4.13. The Kier molecular flexibility index (Phi) is 6.10. The van der Waals surface area contributed by atoms with Gasteiger partial charge in [-0.1, -0.05) is 11.6 Å². The lowest BCUT2D eigenvalue weighted by molar-refractivity contribution is 0.199. The number of rotatable bonds is 7. The zero-order valence-corrected chi connectivity index (χ0v) is 16.8. The number of hydrogen-bond acceptors (Lipinski definition) is 8. The van der Waals surface area contributed by atoms with Gasteiger partial charge in [0.2, 0.25) is 0 Å². The summed E-state index contributed by atoms with van der Waals surface area (Å²) in [4.78, 5) is 8.59. The zero-order chi connectivity index (χ0) is 18.9. The molecule has 0 aromatic carbocycles. The Balaban J connectivity index is 2.36. The first-order valence-electron chi connectivity index (χ1n) is 7.65. The fraction of sp³-hybridized carbons (Fsp3) is 0.714. The SMILES string of the molecule is COCCNCc1nc(Cl)c2c(n1)CCC(S(C)(=O)=O)(S(C)(=O)=O)C2. The molecular weight excluding hydrogens is 390 g/mol. The zero-order valence-electron chi connectivity index (χ0n) is 14.4. The molecule has 0 amide bonds. The van der Waals surface area contributed by atoms with Gasteiger partial charge in [0.25, 0.3) is 0 Å². The Hall–Kier alpha value is -0.810. The molecule has 0 aliphatic heterocycles. The molecule has 142 valence electrons. The summed E-state index contributed by atoms with van der Waals surface area (Å²) >= 11 is 6.22. The van der Waals surface area contributed by atoms with E-state index in [0.717, 1.165) is 12.5 Å². The van der Waals surface area contributed by atoms with E-state index in [1.54, 1.807) is 7.11 Å². The molecule has 2 rings (SSSR count). The summed E-state index contributed by atoms with van der Waals surface area (Å²) in [6.07, 6.45) is 1.84. The van der Waals surface area contributed by atoms with Crippen molar-refractivity contribution in [1.29, 1.82) is 0 Å². The van der Waals surface area contributed by atoms with Gasteiger partial charge >= 0.3 is 0 Å². The van der Waals surface area contributed by atoms with Crippen LogP contribution in [0.4, 0.5) is 0 Å². The lowest BCUT2D eigenvalue weighted by Gasteiger charge is -2.34. The van der Waals surface area contributed by atoms with Crippen molar-refractivity contribution in [3.05, 3.63) is 22.2 Å². The molecule has 0 bridgehead atoms. The van der Waals surface area contributed by atoms with Gasteiger partial charge in [-0.05, 0) is 12.8 Å². The highest BCUT2D eigenvalue weighted by atomic mass is 35.5. The minimum Gasteiger partial charge on any atom is -0.383 e. The van der Waals surface area contributed by atoms with Gasteiger partial charge in [-0.2, -0.15) is 0 Å². The molecule has 1 aromatic heterocycles. The molecule has 0 saturated heterocycles. The van der Waals surface area contributed by atoms with Crippen LogP contribution in [0.3, 0.4) is 0 Å². The number of nitrogens with zero attached hydrogens (tertiary/aromatic N) is 2. The van der Waals surface area contributed by atoms with Crippen LogP contribution in [0, 0.1) is 0 Å². The van der Waals surface area contributed by atoms with Crippen LogP contribution in [0.25, 0.3) is 0 Å². The van der Waals surface area contributed by atoms with Crippen LogP contribution in [-0.4, -0.2) is 63.7 Å². The molecule has 0 fully saturated rings. The van der Waals surface area contributed by atoms with E-state index in [4.69, 9.17) is 16.3 Å². The smallest absolute Gasteiger partial charge is 0.177 e. The number of fused-ring (bicyclic) bond motifs is 1. The van der Waals surface area contributed by atoms with Crippen LogP contribution in [0.1, 0.15) is 23.5 Å². The minimum atomic E-state index is -3.86. The molecule has 0 unspecified atom stereocenters. The van der Waals surface area contributed by atoms with Gasteiger partial charge in [-0.3, -0.25) is 0 Å². The van der Waals surface area contributed by atoms with Gasteiger partial charge in [0.05, 0.1) is 13.2 Å². The second-order valence-electron chi connectivity index (χ2n) is 6.16. The van der Waals surface area contributed by atoms with E-state index in [2.05, 4.69) is 15.3 Å². The third-order valence-electron chi connectivity index (χ3n) is 4.39. The Labute approximate surface area is 153 Å². The number of aryl methyl sites for hydroxylation is 1. The summed E-state index contributed by atoms with van der Waals surface area (Å²) in [7, 11) is -6.13. The number of aromatic nitrogens is 2. The van der Waals surface area contributed by atoms with Crippen molar-refractivity contribution >= 4 is 31.3 Å². The first-order chi connectivity index (χ1) is 11.5. The Morgan fingerprint density at radius 3 is 2.40 bits per heavy atom. The maximum Gasteiger partial charge on any atom is 0.177 e. The molecule has 1 N–H and O–H groups in total. The van der Waals surface area contributed by atoms with Gasteiger partial charge in [0.1, 0.15) is 11.0 Å². The van der Waals surface area contributed by atoms with Crippen molar-refractivity contribution < 1.29 is 21.6 Å². The van der Waals surface area contributed by atoms with Gasteiger partial charge in [-0.15, -0.1) is 0 Å². The van der Waals surface area contributed by atoms with Crippen molar-refractivity contribution in [2.24, 2.45) is 0 Å². The molecule has 0 spiro atoms. The molecule has 1 heterocycles. The summed E-state index contributed by atoms with van der Waals surface area (Å²) in [6, 6.07) is 0.